The number of rotatable bonds is 30. The predicted octanol–water partition coefficient (Wildman–Crippen LogP) is 11.3. The summed E-state index contributed by atoms with van der Waals surface area (Å²) in [6, 6.07) is 15.3. The van der Waals surface area contributed by atoms with E-state index in [0.717, 1.165) is 67.6 Å². The van der Waals surface area contributed by atoms with E-state index in [0.29, 0.717) is 26.4 Å². The average molecular weight is 874 g/mol. The molecule has 0 aliphatic rings. The molecule has 1 atom stereocenters. The van der Waals surface area contributed by atoms with Gasteiger partial charge in [-0.25, -0.2) is 0 Å². The van der Waals surface area contributed by atoms with Gasteiger partial charge in [0.2, 0.25) is 0 Å². The number of benzene rings is 2. The molecule has 0 saturated heterocycles. The van der Waals surface area contributed by atoms with Crippen LogP contribution < -0.4 is 9.47 Å². The fourth-order valence-corrected chi connectivity index (χ4v) is 6.25. The van der Waals surface area contributed by atoms with Crippen molar-refractivity contribution in [2.75, 3.05) is 26.4 Å². The molecule has 7 nitrogen and oxygen atoms in total. The van der Waals surface area contributed by atoms with E-state index in [-0.39, 0.29) is 0 Å². The zero-order chi connectivity index (χ0) is 46.9. The number of nitrogens with zero attached hydrogens (tertiary/aromatic N) is 3. The van der Waals surface area contributed by atoms with Gasteiger partial charge in [-0.05, 0) is 114 Å². The van der Waals surface area contributed by atoms with Crippen molar-refractivity contribution in [1.82, 2.24) is 0 Å². The molecule has 0 heterocycles. The SMILES string of the molecule is C#CC#CC#CC#CC#CC#CC#CC#CC#CC#CC#COCCCCCCCCCCCCOc1ccc(C(N=[N+]=[N-])c2ccc(OCCCCCCCCCCCCO)cc2)cc1. The summed E-state index contributed by atoms with van der Waals surface area (Å²) in [6.45, 7) is 2.29. The molecule has 2 aromatic rings. The molecule has 1 N–H and O–H groups in total. The molecule has 0 aliphatic heterocycles. The molecule has 0 amide bonds. The summed E-state index contributed by atoms with van der Waals surface area (Å²) in [5, 5.41) is 12.9. The van der Waals surface area contributed by atoms with Crippen molar-refractivity contribution in [3.05, 3.63) is 70.1 Å². The van der Waals surface area contributed by atoms with Crippen LogP contribution in [0.1, 0.15) is 146 Å². The number of aliphatic hydroxyl groups is 1. The Hall–Kier alpha value is -7.73. The van der Waals surface area contributed by atoms with Gasteiger partial charge in [0, 0.05) is 82.6 Å². The van der Waals surface area contributed by atoms with Crippen LogP contribution in [0.4, 0.5) is 0 Å². The highest BCUT2D eigenvalue weighted by Gasteiger charge is 2.13. The second-order valence-electron chi connectivity index (χ2n) is 14.7. The Morgan fingerprint density at radius 2 is 0.727 bits per heavy atom. The van der Waals surface area contributed by atoms with E-state index < -0.39 is 6.04 Å². The van der Waals surface area contributed by atoms with E-state index >= 15 is 0 Å². The molecule has 2 aromatic carbocycles. The van der Waals surface area contributed by atoms with Gasteiger partial charge in [0.15, 0.2) is 0 Å². The molecule has 0 spiro atoms. The molecule has 0 saturated carbocycles. The zero-order valence-corrected chi connectivity index (χ0v) is 38.3. The van der Waals surface area contributed by atoms with Crippen LogP contribution in [0.15, 0.2) is 53.6 Å². The second kappa shape index (κ2) is 42.6. The minimum Gasteiger partial charge on any atom is -0.494 e. The molecule has 0 aromatic heterocycles. The Kier molecular flexibility index (Phi) is 35.1. The molecular weight excluding hydrogens is 815 g/mol. The Morgan fingerprint density at radius 3 is 1.06 bits per heavy atom. The lowest BCUT2D eigenvalue weighted by molar-refractivity contribution is 0.267. The quantitative estimate of drug-likeness (QED) is 0.0278. The Labute approximate surface area is 396 Å². The highest BCUT2D eigenvalue weighted by atomic mass is 16.5. The van der Waals surface area contributed by atoms with Crippen LogP contribution in [0, 0.1) is 131 Å². The van der Waals surface area contributed by atoms with Crippen LogP contribution in [0.3, 0.4) is 0 Å². The smallest absolute Gasteiger partial charge is 0.124 e. The number of terminal acetylenes is 1. The summed E-state index contributed by atoms with van der Waals surface area (Å²) in [5.41, 5.74) is 11.1. The van der Waals surface area contributed by atoms with Crippen LogP contribution in [-0.2, 0) is 4.74 Å². The second-order valence-corrected chi connectivity index (χ2v) is 14.7. The van der Waals surface area contributed by atoms with Crippen LogP contribution in [0.2, 0.25) is 0 Å². The molecule has 0 fully saturated rings. The van der Waals surface area contributed by atoms with E-state index in [2.05, 4.69) is 135 Å². The van der Waals surface area contributed by atoms with E-state index in [1.54, 1.807) is 0 Å². The molecule has 66 heavy (non-hydrogen) atoms. The summed E-state index contributed by atoms with van der Waals surface area (Å²) in [6.07, 6.45) is 31.1. The first-order valence-corrected chi connectivity index (χ1v) is 23.0. The van der Waals surface area contributed by atoms with Gasteiger partial charge in [-0.2, -0.15) is 0 Å². The first-order chi connectivity index (χ1) is 32.8. The Balaban J connectivity index is 1.47. The largest absolute Gasteiger partial charge is 0.494 e. The lowest BCUT2D eigenvalue weighted by Gasteiger charge is -2.14. The average Bonchev–Trinajstić information content (AvgIpc) is 3.34. The van der Waals surface area contributed by atoms with Crippen molar-refractivity contribution in [2.45, 2.75) is 134 Å². The van der Waals surface area contributed by atoms with Crippen LogP contribution >= 0.6 is 0 Å². The van der Waals surface area contributed by atoms with Gasteiger partial charge < -0.3 is 19.3 Å². The summed E-state index contributed by atoms with van der Waals surface area (Å²) in [7, 11) is 0. The summed E-state index contributed by atoms with van der Waals surface area (Å²) >= 11 is 0. The van der Waals surface area contributed by atoms with Crippen LogP contribution in [0.25, 0.3) is 10.4 Å². The maximum absolute atomic E-state index is 9.30. The van der Waals surface area contributed by atoms with Crippen molar-refractivity contribution < 1.29 is 19.3 Å². The summed E-state index contributed by atoms with van der Waals surface area (Å²) in [4.78, 5) is 3.12. The normalized spacial score (nSPS) is 9.15. The van der Waals surface area contributed by atoms with Gasteiger partial charge in [0.1, 0.15) is 24.2 Å². The number of ether oxygens (including phenoxy) is 3. The first-order valence-electron chi connectivity index (χ1n) is 23.0. The maximum Gasteiger partial charge on any atom is 0.124 e. The lowest BCUT2D eigenvalue weighted by Crippen LogP contribution is -2.01. The highest BCUT2D eigenvalue weighted by molar-refractivity contribution is 5.47. The Bertz CT molecular complexity index is 2460. The van der Waals surface area contributed by atoms with E-state index in [1.807, 2.05) is 48.5 Å². The van der Waals surface area contributed by atoms with Crippen molar-refractivity contribution in [3.8, 4) is 142 Å². The molecule has 0 radical (unpaired) electrons. The van der Waals surface area contributed by atoms with Crippen LogP contribution in [-0.4, -0.2) is 31.5 Å². The molecule has 0 bridgehead atoms. The van der Waals surface area contributed by atoms with Gasteiger partial charge in [0.25, 0.3) is 0 Å². The topological polar surface area (TPSA) is 96.7 Å². The maximum atomic E-state index is 9.30. The van der Waals surface area contributed by atoms with Gasteiger partial charge in [-0.15, -0.1) is 6.42 Å². The van der Waals surface area contributed by atoms with Crippen molar-refractivity contribution >= 4 is 0 Å². The number of hydrogen-bond acceptors (Lipinski definition) is 5. The summed E-state index contributed by atoms with van der Waals surface area (Å²) in [5.74, 6) is 51.8. The lowest BCUT2D eigenvalue weighted by atomic mass is 9.99. The monoisotopic (exact) mass is 873 g/mol. The van der Waals surface area contributed by atoms with Gasteiger partial charge >= 0.3 is 0 Å². The van der Waals surface area contributed by atoms with Gasteiger partial charge in [0.05, 0.1) is 19.3 Å². The van der Waals surface area contributed by atoms with Crippen LogP contribution in [0.5, 0.6) is 11.5 Å². The molecule has 334 valence electrons. The summed E-state index contributed by atoms with van der Waals surface area (Å²) < 4.78 is 17.3. The molecule has 0 aliphatic carbocycles. The fraction of sp³-hybridized carbons (Fsp3) is 0.424. The van der Waals surface area contributed by atoms with E-state index in [1.165, 1.54) is 83.5 Å². The molecule has 2 rings (SSSR count). The number of azide groups is 1. The number of unbranched alkanes of at least 4 members (excludes halogenated alkanes) is 18. The van der Waals surface area contributed by atoms with Gasteiger partial charge in [-0.1, -0.05) is 132 Å². The first kappa shape index (κ1) is 54.4. The Morgan fingerprint density at radius 1 is 0.424 bits per heavy atom. The third kappa shape index (κ3) is 32.0. The molecule has 1 unspecified atom stereocenters. The molecule has 7 heteroatoms. The van der Waals surface area contributed by atoms with E-state index in [4.69, 9.17) is 25.7 Å². The van der Waals surface area contributed by atoms with Crippen molar-refractivity contribution in [3.63, 3.8) is 0 Å². The fourth-order valence-electron chi connectivity index (χ4n) is 6.25. The standard InChI is InChI=1S/C59H59N3O4/c1-2-3-4-5-6-7-8-9-10-11-12-13-14-15-16-18-23-28-33-38-51-64-52-39-34-29-24-20-21-26-31-36-41-54-66-58-48-44-56(45-49-58)59(61-62-60)55-42-46-57(47-43-55)65-53-40-35-30-25-19-17-22-27-32-37-50-63/h1,42-49,59,63H,17,19-22,24-27,29-32,34-37,39-41,50,52-54H2. The highest BCUT2D eigenvalue weighted by Crippen LogP contribution is 2.29. The number of hydrogen-bond donors (Lipinski definition) is 1. The predicted molar refractivity (Wildman–Crippen MR) is 267 cm³/mol. The third-order valence-corrected chi connectivity index (χ3v) is 9.61. The van der Waals surface area contributed by atoms with Crippen molar-refractivity contribution in [2.24, 2.45) is 5.11 Å². The van der Waals surface area contributed by atoms with Gasteiger partial charge in [-0.3, -0.25) is 0 Å². The number of aliphatic hydroxyl groups excluding tert-OH is 1. The van der Waals surface area contributed by atoms with Crippen molar-refractivity contribution in [1.29, 1.82) is 0 Å². The minimum absolute atomic E-state index is 0.314. The zero-order valence-electron chi connectivity index (χ0n) is 38.3. The third-order valence-electron chi connectivity index (χ3n) is 9.61. The minimum atomic E-state index is -0.422. The molecular formula is C59H59N3O4. The van der Waals surface area contributed by atoms with E-state index in [9.17, 15) is 5.53 Å².